The van der Waals surface area contributed by atoms with Gasteiger partial charge in [-0.25, -0.2) is 14.3 Å². The molecule has 0 radical (unpaired) electrons. The van der Waals surface area contributed by atoms with Crippen LogP contribution < -0.4 is 21.2 Å². The molecule has 1 spiro atoms. The lowest BCUT2D eigenvalue weighted by molar-refractivity contribution is 0.102. The van der Waals surface area contributed by atoms with E-state index in [1.54, 1.807) is 17.8 Å². The lowest BCUT2D eigenvalue weighted by Crippen LogP contribution is -2.58. The number of nitrogens with one attached hydrogen (secondary N) is 3. The van der Waals surface area contributed by atoms with Crippen LogP contribution >= 0.6 is 11.3 Å². The highest BCUT2D eigenvalue weighted by molar-refractivity contribution is 7.12. The normalized spacial score (nSPS) is 17.3. The van der Waals surface area contributed by atoms with E-state index in [4.69, 9.17) is 0 Å². The Morgan fingerprint density at radius 2 is 1.97 bits per heavy atom. The van der Waals surface area contributed by atoms with Crippen molar-refractivity contribution >= 4 is 39.7 Å². The zero-order valence-electron chi connectivity index (χ0n) is 17.9. The summed E-state index contributed by atoms with van der Waals surface area (Å²) in [7, 11) is 0. The van der Waals surface area contributed by atoms with Crippen LogP contribution in [0.3, 0.4) is 0 Å². The number of carbonyl (C=O) groups excluding carboxylic acids is 1. The van der Waals surface area contributed by atoms with Crippen molar-refractivity contribution in [3.05, 3.63) is 64.3 Å². The molecule has 0 bridgehead atoms. The number of piperidine rings is 1. The van der Waals surface area contributed by atoms with Gasteiger partial charge in [0, 0.05) is 37.8 Å². The highest BCUT2D eigenvalue weighted by Gasteiger charge is 2.39. The van der Waals surface area contributed by atoms with Gasteiger partial charge in [0.15, 0.2) is 5.13 Å². The number of fused-ring (bicyclic) bond motifs is 1. The number of aromatic amines is 1. The molecule has 6 rings (SSSR count). The van der Waals surface area contributed by atoms with Crippen LogP contribution in [0.5, 0.6) is 0 Å². The first kappa shape index (κ1) is 20.1. The molecule has 2 aliphatic heterocycles. The van der Waals surface area contributed by atoms with Crippen LogP contribution in [0, 0.1) is 5.41 Å². The van der Waals surface area contributed by atoms with Gasteiger partial charge >= 0.3 is 5.69 Å². The molecule has 168 valence electrons. The molecule has 0 atom stereocenters. The maximum absolute atomic E-state index is 13.0. The molecule has 9 nitrogen and oxygen atoms in total. The van der Waals surface area contributed by atoms with Crippen LogP contribution in [-0.4, -0.2) is 51.6 Å². The third-order valence-corrected chi connectivity index (χ3v) is 7.54. The fourth-order valence-corrected chi connectivity index (χ4v) is 5.53. The quantitative estimate of drug-likeness (QED) is 0.431. The number of nitrogens with zero attached hydrogens (tertiary/aromatic N) is 4. The van der Waals surface area contributed by atoms with Gasteiger partial charge < -0.3 is 20.5 Å². The van der Waals surface area contributed by atoms with Crippen LogP contribution in [0.15, 0.2) is 52.9 Å². The van der Waals surface area contributed by atoms with Gasteiger partial charge in [-0.1, -0.05) is 12.1 Å². The number of H-pyrrole nitrogens is 1. The Labute approximate surface area is 193 Å². The Kier molecular flexibility index (Phi) is 4.77. The number of anilines is 2. The van der Waals surface area contributed by atoms with Gasteiger partial charge in [-0.15, -0.1) is 11.3 Å². The van der Waals surface area contributed by atoms with Gasteiger partial charge in [0.2, 0.25) is 0 Å². The average molecular weight is 462 g/mol. The molecule has 0 aliphatic carbocycles. The summed E-state index contributed by atoms with van der Waals surface area (Å²) in [5, 5.41) is 8.49. The van der Waals surface area contributed by atoms with Gasteiger partial charge in [-0.05, 0) is 36.5 Å². The zero-order valence-corrected chi connectivity index (χ0v) is 18.7. The van der Waals surface area contributed by atoms with Gasteiger partial charge in [-0.3, -0.25) is 9.78 Å². The summed E-state index contributed by atoms with van der Waals surface area (Å²) >= 11 is 1.26. The highest BCUT2D eigenvalue weighted by Crippen LogP contribution is 2.38. The lowest BCUT2D eigenvalue weighted by Gasteiger charge is -2.49. The number of imidazole rings is 1. The van der Waals surface area contributed by atoms with E-state index in [0.717, 1.165) is 55.7 Å². The second-order valence-electron chi connectivity index (χ2n) is 8.74. The van der Waals surface area contributed by atoms with Crippen molar-refractivity contribution in [2.45, 2.75) is 12.8 Å². The van der Waals surface area contributed by atoms with E-state index in [9.17, 15) is 9.59 Å². The number of pyridine rings is 1. The fraction of sp³-hybridized carbons (Fsp3) is 0.304. The maximum Gasteiger partial charge on any atom is 0.332 e. The predicted molar refractivity (Wildman–Crippen MR) is 129 cm³/mol. The van der Waals surface area contributed by atoms with E-state index in [-0.39, 0.29) is 17.3 Å². The molecule has 10 heteroatoms. The van der Waals surface area contributed by atoms with Crippen molar-refractivity contribution in [1.82, 2.24) is 24.8 Å². The number of aromatic nitrogens is 4. The van der Waals surface area contributed by atoms with Gasteiger partial charge in [0.05, 0.1) is 28.6 Å². The van der Waals surface area contributed by atoms with Crippen LogP contribution in [0.25, 0.3) is 16.2 Å². The molecule has 0 saturated carbocycles. The van der Waals surface area contributed by atoms with Crippen LogP contribution in [0.1, 0.15) is 23.3 Å². The summed E-state index contributed by atoms with van der Waals surface area (Å²) < 4.78 is 1.49. The second kappa shape index (κ2) is 7.82. The number of hydrogen-bond acceptors (Lipinski definition) is 7. The summed E-state index contributed by atoms with van der Waals surface area (Å²) in [6.45, 7) is 4.12. The van der Waals surface area contributed by atoms with Crippen molar-refractivity contribution in [3.8, 4) is 5.13 Å². The molecule has 5 heterocycles. The number of thiazole rings is 1. The summed E-state index contributed by atoms with van der Waals surface area (Å²) in [5.41, 5.74) is 3.53. The molecular weight excluding hydrogens is 438 g/mol. The molecule has 1 aromatic carbocycles. The molecule has 33 heavy (non-hydrogen) atoms. The zero-order chi connectivity index (χ0) is 22.4. The van der Waals surface area contributed by atoms with Crippen molar-refractivity contribution in [3.63, 3.8) is 0 Å². The van der Waals surface area contributed by atoms with E-state index >= 15 is 0 Å². The SMILES string of the molecule is O=C(Nc1cnccc1N1CCC2(CC1)CNC2)c1csc(-n2c(=O)[nH]c3ccccc32)n1. The molecular formula is C23H23N7O2S. The van der Waals surface area contributed by atoms with Crippen molar-refractivity contribution in [2.75, 3.05) is 36.4 Å². The number of benzene rings is 1. The van der Waals surface area contributed by atoms with E-state index in [2.05, 4.69) is 30.5 Å². The molecule has 4 aromatic rings. The third-order valence-electron chi connectivity index (χ3n) is 6.72. The maximum atomic E-state index is 13.0. The molecule has 0 unspecified atom stereocenters. The minimum atomic E-state index is -0.323. The van der Waals surface area contributed by atoms with E-state index in [1.165, 1.54) is 15.9 Å². The molecule has 2 saturated heterocycles. The van der Waals surface area contributed by atoms with Crippen molar-refractivity contribution < 1.29 is 4.79 Å². The van der Waals surface area contributed by atoms with Gasteiger partial charge in [0.1, 0.15) is 5.69 Å². The highest BCUT2D eigenvalue weighted by atomic mass is 32.1. The van der Waals surface area contributed by atoms with E-state index in [0.29, 0.717) is 16.2 Å². The number of para-hydroxylation sites is 2. The topological polar surface area (TPSA) is 108 Å². The first-order valence-corrected chi connectivity index (χ1v) is 11.9. The smallest absolute Gasteiger partial charge is 0.332 e. The first-order chi connectivity index (χ1) is 16.1. The van der Waals surface area contributed by atoms with E-state index in [1.807, 2.05) is 30.3 Å². The lowest BCUT2D eigenvalue weighted by atomic mass is 9.73. The minimum Gasteiger partial charge on any atom is -0.370 e. The van der Waals surface area contributed by atoms with Crippen molar-refractivity contribution in [1.29, 1.82) is 0 Å². The summed E-state index contributed by atoms with van der Waals surface area (Å²) in [4.78, 5) is 39.3. The summed E-state index contributed by atoms with van der Waals surface area (Å²) in [6, 6.07) is 9.35. The number of hydrogen-bond donors (Lipinski definition) is 3. The summed E-state index contributed by atoms with van der Waals surface area (Å²) in [5.74, 6) is -0.323. The van der Waals surface area contributed by atoms with E-state index < -0.39 is 0 Å². The minimum absolute atomic E-state index is 0.264. The fourth-order valence-electron chi connectivity index (χ4n) is 4.72. The molecule has 3 aromatic heterocycles. The number of amides is 1. The summed E-state index contributed by atoms with van der Waals surface area (Å²) in [6.07, 6.45) is 5.72. The molecule has 2 aliphatic rings. The van der Waals surface area contributed by atoms with Crippen LogP contribution in [0.4, 0.5) is 11.4 Å². The molecule has 1 amide bonds. The average Bonchev–Trinajstić information content (AvgIpc) is 3.42. The predicted octanol–water partition coefficient (Wildman–Crippen LogP) is 2.61. The third kappa shape index (κ3) is 3.51. The standard InChI is InChI=1S/C23H23N7O2S/c31-20(17-12-33-22(28-17)30-19-4-2-1-3-15(19)27-21(30)32)26-16-11-24-8-5-18(16)29-9-6-23(7-10-29)13-25-14-23/h1-5,8,11-12,25H,6-7,9-10,13-14H2,(H,26,31)(H,27,32). The number of rotatable bonds is 4. The Morgan fingerprint density at radius 1 is 1.15 bits per heavy atom. The largest absolute Gasteiger partial charge is 0.370 e. The van der Waals surface area contributed by atoms with Crippen LogP contribution in [-0.2, 0) is 0 Å². The molecule has 2 fully saturated rings. The first-order valence-electron chi connectivity index (χ1n) is 11.0. The Balaban J connectivity index is 1.23. The second-order valence-corrected chi connectivity index (χ2v) is 9.57. The Hall–Kier alpha value is -3.50. The van der Waals surface area contributed by atoms with Crippen molar-refractivity contribution in [2.24, 2.45) is 5.41 Å². The number of carbonyl (C=O) groups is 1. The van der Waals surface area contributed by atoms with Gasteiger partial charge in [0.25, 0.3) is 5.91 Å². The molecule has 3 N–H and O–H groups in total. The van der Waals surface area contributed by atoms with Gasteiger partial charge in [-0.2, -0.15) is 0 Å². The monoisotopic (exact) mass is 461 g/mol. The van der Waals surface area contributed by atoms with Crippen LogP contribution in [0.2, 0.25) is 0 Å². The Morgan fingerprint density at radius 3 is 2.76 bits per heavy atom. The Bertz CT molecular complexity index is 1390.